The van der Waals surface area contributed by atoms with Crippen molar-refractivity contribution in [3.63, 3.8) is 0 Å². The molecule has 2 nitrogen and oxygen atoms in total. The van der Waals surface area contributed by atoms with Gasteiger partial charge in [0.25, 0.3) is 0 Å². The number of hydrogen-bond donors (Lipinski definition) is 0. The highest BCUT2D eigenvalue weighted by molar-refractivity contribution is 5.87. The van der Waals surface area contributed by atoms with Crippen molar-refractivity contribution in [3.8, 4) is 0 Å². The quantitative estimate of drug-likeness (QED) is 0.401. The van der Waals surface area contributed by atoms with Gasteiger partial charge in [0.1, 0.15) is 0 Å². The van der Waals surface area contributed by atoms with Gasteiger partial charge in [0.05, 0.1) is 6.61 Å². The highest BCUT2D eigenvalue weighted by atomic mass is 19.4. The van der Waals surface area contributed by atoms with Gasteiger partial charge >= 0.3 is 12.1 Å². The minimum atomic E-state index is -4.47. The molecule has 0 amide bonds. The van der Waals surface area contributed by atoms with E-state index in [0.717, 1.165) is 26.2 Å². The molecule has 94 valence electrons. The van der Waals surface area contributed by atoms with Crippen LogP contribution in [0.3, 0.4) is 0 Å². The van der Waals surface area contributed by atoms with E-state index in [1.807, 2.05) is 6.92 Å². The van der Waals surface area contributed by atoms with Crippen molar-refractivity contribution < 1.29 is 22.7 Å². The van der Waals surface area contributed by atoms with Gasteiger partial charge in [0.2, 0.25) is 0 Å². The summed E-state index contributed by atoms with van der Waals surface area (Å²) in [5, 5.41) is 0. The molecule has 5 heteroatoms. The Morgan fingerprint density at radius 2 is 1.88 bits per heavy atom. The molecule has 0 aliphatic heterocycles. The largest absolute Gasteiger partial charge is 0.462 e. The number of halogens is 3. The van der Waals surface area contributed by atoms with Gasteiger partial charge in [-0.1, -0.05) is 26.2 Å². The molecule has 0 aliphatic carbocycles. The predicted molar refractivity (Wildman–Crippen MR) is 54.9 cm³/mol. The molecule has 0 rings (SSSR count). The number of alkyl halides is 3. The number of carbonyl (C=O) groups is 1. The van der Waals surface area contributed by atoms with Crippen LogP contribution in [0.25, 0.3) is 0 Å². The Kier molecular flexibility index (Phi) is 6.85. The molecule has 0 fully saturated rings. The number of ether oxygens (including phenoxy) is 1. The van der Waals surface area contributed by atoms with E-state index in [4.69, 9.17) is 0 Å². The van der Waals surface area contributed by atoms with Crippen molar-refractivity contribution in [1.82, 2.24) is 0 Å². The Balaban J connectivity index is 3.85. The first-order valence-electron chi connectivity index (χ1n) is 5.30. The SMILES string of the molecule is CCCCCCOC(=O)C(C)=CC(F)(F)F. The third kappa shape index (κ3) is 8.32. The number of unbranched alkanes of at least 4 members (excludes halogenated alkanes) is 3. The minimum Gasteiger partial charge on any atom is -0.462 e. The van der Waals surface area contributed by atoms with Gasteiger partial charge in [-0.2, -0.15) is 13.2 Å². The third-order valence-electron chi connectivity index (χ3n) is 1.93. The second-order valence-corrected chi connectivity index (χ2v) is 3.57. The normalized spacial score (nSPS) is 12.7. The van der Waals surface area contributed by atoms with E-state index in [0.29, 0.717) is 6.42 Å². The first-order chi connectivity index (χ1) is 7.37. The summed E-state index contributed by atoms with van der Waals surface area (Å²) in [5.41, 5.74) is -0.414. The molecule has 0 aromatic heterocycles. The van der Waals surface area contributed by atoms with Crippen LogP contribution in [0.5, 0.6) is 0 Å². The third-order valence-corrected chi connectivity index (χ3v) is 1.93. The molecule has 0 radical (unpaired) electrons. The topological polar surface area (TPSA) is 26.3 Å². The van der Waals surface area contributed by atoms with Crippen LogP contribution in [0.2, 0.25) is 0 Å². The molecule has 0 bridgehead atoms. The summed E-state index contributed by atoms with van der Waals surface area (Å²) in [6, 6.07) is 0. The van der Waals surface area contributed by atoms with Crippen molar-refractivity contribution >= 4 is 5.97 Å². The number of allylic oxidation sites excluding steroid dienone is 1. The molecule has 0 aliphatic rings. The monoisotopic (exact) mass is 238 g/mol. The number of rotatable bonds is 6. The molecule has 0 spiro atoms. The molecule has 0 aromatic carbocycles. The molecule has 0 saturated carbocycles. The number of carbonyl (C=O) groups excluding carboxylic acids is 1. The molecule has 0 saturated heterocycles. The Morgan fingerprint density at radius 1 is 1.25 bits per heavy atom. The first kappa shape index (κ1) is 15.0. The lowest BCUT2D eigenvalue weighted by Crippen LogP contribution is -2.11. The van der Waals surface area contributed by atoms with Gasteiger partial charge in [-0.3, -0.25) is 0 Å². The zero-order valence-electron chi connectivity index (χ0n) is 9.56. The summed E-state index contributed by atoms with van der Waals surface area (Å²) < 4.78 is 40.3. The van der Waals surface area contributed by atoms with E-state index in [1.165, 1.54) is 0 Å². The highest BCUT2D eigenvalue weighted by Gasteiger charge is 2.25. The maximum atomic E-state index is 11.9. The summed E-state index contributed by atoms with van der Waals surface area (Å²) in [6.45, 7) is 3.33. The molecule has 0 atom stereocenters. The van der Waals surface area contributed by atoms with Gasteiger partial charge < -0.3 is 4.74 Å². The van der Waals surface area contributed by atoms with Crippen molar-refractivity contribution in [1.29, 1.82) is 0 Å². The summed E-state index contributed by atoms with van der Waals surface area (Å²) in [7, 11) is 0. The fraction of sp³-hybridized carbons (Fsp3) is 0.727. The van der Waals surface area contributed by atoms with Crippen LogP contribution in [-0.2, 0) is 9.53 Å². The van der Waals surface area contributed by atoms with Crippen LogP contribution in [0.4, 0.5) is 13.2 Å². The molecule has 0 unspecified atom stereocenters. The standard InChI is InChI=1S/C11H17F3O2/c1-3-4-5-6-7-16-10(15)9(2)8-11(12,13)14/h8H,3-7H2,1-2H3. The van der Waals surface area contributed by atoms with E-state index in [-0.39, 0.29) is 12.7 Å². The van der Waals surface area contributed by atoms with E-state index >= 15 is 0 Å². The Morgan fingerprint density at radius 3 is 2.38 bits per heavy atom. The van der Waals surface area contributed by atoms with Crippen molar-refractivity contribution in [3.05, 3.63) is 11.6 Å². The van der Waals surface area contributed by atoms with Gasteiger partial charge in [0.15, 0.2) is 0 Å². The van der Waals surface area contributed by atoms with Crippen molar-refractivity contribution in [2.45, 2.75) is 45.7 Å². The second-order valence-electron chi connectivity index (χ2n) is 3.57. The fourth-order valence-corrected chi connectivity index (χ4v) is 1.11. The zero-order valence-corrected chi connectivity index (χ0v) is 9.56. The summed E-state index contributed by atoms with van der Waals surface area (Å²) in [5.74, 6) is -0.895. The average molecular weight is 238 g/mol. The van der Waals surface area contributed by atoms with Crippen LogP contribution in [0.1, 0.15) is 39.5 Å². The van der Waals surface area contributed by atoms with Gasteiger partial charge in [-0.15, -0.1) is 0 Å². The van der Waals surface area contributed by atoms with E-state index in [1.54, 1.807) is 0 Å². The predicted octanol–water partition coefficient (Wildman–Crippen LogP) is 3.62. The van der Waals surface area contributed by atoms with Crippen LogP contribution in [0.15, 0.2) is 11.6 Å². The Bertz CT molecular complexity index is 244. The smallest absolute Gasteiger partial charge is 0.410 e. The van der Waals surface area contributed by atoms with E-state index in [2.05, 4.69) is 4.74 Å². The molecule has 16 heavy (non-hydrogen) atoms. The summed E-state index contributed by atoms with van der Waals surface area (Å²) >= 11 is 0. The van der Waals surface area contributed by atoms with Gasteiger partial charge in [-0.25, -0.2) is 4.79 Å². The summed E-state index contributed by atoms with van der Waals surface area (Å²) in [4.78, 5) is 11.1. The van der Waals surface area contributed by atoms with Crippen molar-refractivity contribution in [2.75, 3.05) is 6.61 Å². The molecular weight excluding hydrogens is 221 g/mol. The summed E-state index contributed by atoms with van der Waals surface area (Å²) in [6.07, 6.45) is -0.798. The number of hydrogen-bond acceptors (Lipinski definition) is 2. The zero-order chi connectivity index (χ0) is 12.6. The fourth-order valence-electron chi connectivity index (χ4n) is 1.11. The van der Waals surface area contributed by atoms with Crippen LogP contribution in [-0.4, -0.2) is 18.8 Å². The lowest BCUT2D eigenvalue weighted by Gasteiger charge is -2.05. The van der Waals surface area contributed by atoms with Crippen LogP contribution < -0.4 is 0 Å². The number of esters is 1. The average Bonchev–Trinajstić information content (AvgIpc) is 2.14. The molecular formula is C11H17F3O2. The lowest BCUT2D eigenvalue weighted by molar-refractivity contribution is -0.139. The van der Waals surface area contributed by atoms with E-state index in [9.17, 15) is 18.0 Å². The highest BCUT2D eigenvalue weighted by Crippen LogP contribution is 2.18. The van der Waals surface area contributed by atoms with Crippen molar-refractivity contribution in [2.24, 2.45) is 0 Å². The molecule has 0 N–H and O–H groups in total. The van der Waals surface area contributed by atoms with E-state index < -0.39 is 17.7 Å². The molecule has 0 heterocycles. The Labute approximate surface area is 93.5 Å². The maximum absolute atomic E-state index is 11.9. The van der Waals surface area contributed by atoms with Crippen LogP contribution in [0, 0.1) is 0 Å². The maximum Gasteiger partial charge on any atom is 0.410 e. The second kappa shape index (κ2) is 7.30. The molecule has 0 aromatic rings. The minimum absolute atomic E-state index is 0.0403. The van der Waals surface area contributed by atoms with Gasteiger partial charge in [0, 0.05) is 11.6 Å². The first-order valence-corrected chi connectivity index (χ1v) is 5.30. The lowest BCUT2D eigenvalue weighted by atomic mass is 10.2. The van der Waals surface area contributed by atoms with Crippen LogP contribution >= 0.6 is 0 Å². The Hall–Kier alpha value is -1.00. The van der Waals surface area contributed by atoms with Gasteiger partial charge in [-0.05, 0) is 13.3 Å².